The normalized spacial score (nSPS) is 22.3. The first-order valence-corrected chi connectivity index (χ1v) is 8.37. The molecule has 0 radical (unpaired) electrons. The van der Waals surface area contributed by atoms with E-state index < -0.39 is 5.41 Å². The molecule has 0 aliphatic heterocycles. The van der Waals surface area contributed by atoms with E-state index in [1.54, 1.807) is 24.9 Å². The summed E-state index contributed by atoms with van der Waals surface area (Å²) in [5, 5.41) is 13.1. The highest BCUT2D eigenvalue weighted by Gasteiger charge is 2.42. The first kappa shape index (κ1) is 18.9. The molecule has 1 atom stereocenters. The lowest BCUT2D eigenvalue weighted by Crippen LogP contribution is -2.39. The van der Waals surface area contributed by atoms with Crippen LogP contribution < -0.4 is 0 Å². The third-order valence-electron chi connectivity index (χ3n) is 5.04. The molecule has 0 N–H and O–H groups in total. The zero-order valence-electron chi connectivity index (χ0n) is 15.8. The number of carbonyl (C=O) groups excluding carboxylic acids is 2. The summed E-state index contributed by atoms with van der Waals surface area (Å²) in [6, 6.07) is 2.02. The van der Waals surface area contributed by atoms with Gasteiger partial charge in [-0.05, 0) is 32.1 Å². The highest BCUT2D eigenvalue weighted by Crippen LogP contribution is 2.44. The lowest BCUT2D eigenvalue weighted by molar-refractivity contribution is -0.125. The summed E-state index contributed by atoms with van der Waals surface area (Å²) < 4.78 is 5.07. The standard InChI is InChI=1S/C19H25N3O3/c1-12-13(2)25-21-15(12)17(24)22(6)8-7-19(5)9-14(10-20)16(23)18(3,4)11-19/h9H,7-8,11H2,1-6H3/t19-/m1/s1. The first-order valence-electron chi connectivity index (χ1n) is 8.37. The van der Waals surface area contributed by atoms with Gasteiger partial charge in [-0.2, -0.15) is 5.26 Å². The van der Waals surface area contributed by atoms with Crippen LogP contribution in [0.1, 0.15) is 55.4 Å². The van der Waals surface area contributed by atoms with Crippen molar-refractivity contribution in [1.29, 1.82) is 5.26 Å². The Labute approximate surface area is 148 Å². The summed E-state index contributed by atoms with van der Waals surface area (Å²) >= 11 is 0. The van der Waals surface area contributed by atoms with Crippen LogP contribution in [0.25, 0.3) is 0 Å². The van der Waals surface area contributed by atoms with Gasteiger partial charge in [0.25, 0.3) is 5.91 Å². The van der Waals surface area contributed by atoms with E-state index in [2.05, 4.69) is 5.16 Å². The first-order chi connectivity index (χ1) is 11.5. The number of amides is 1. The summed E-state index contributed by atoms with van der Waals surface area (Å²) in [4.78, 5) is 26.4. The number of nitrogens with zero attached hydrogens (tertiary/aromatic N) is 3. The molecule has 134 valence electrons. The van der Waals surface area contributed by atoms with Crippen LogP contribution in [-0.4, -0.2) is 35.3 Å². The van der Waals surface area contributed by atoms with Crippen LogP contribution >= 0.6 is 0 Å². The molecule has 0 fully saturated rings. The van der Waals surface area contributed by atoms with E-state index in [-0.39, 0.29) is 22.7 Å². The predicted octanol–water partition coefficient (Wildman–Crippen LogP) is 3.21. The minimum absolute atomic E-state index is 0.106. The van der Waals surface area contributed by atoms with Crippen LogP contribution in [0, 0.1) is 36.0 Å². The van der Waals surface area contributed by atoms with E-state index in [9.17, 15) is 14.9 Å². The number of hydrogen-bond acceptors (Lipinski definition) is 5. The highest BCUT2D eigenvalue weighted by atomic mass is 16.5. The average Bonchev–Trinajstić information content (AvgIpc) is 2.87. The molecular formula is C19H25N3O3. The minimum atomic E-state index is -0.572. The number of hydrogen-bond donors (Lipinski definition) is 0. The number of Topliss-reactive ketones (excluding diaryl/α,β-unsaturated/α-hetero) is 1. The maximum Gasteiger partial charge on any atom is 0.276 e. The smallest absolute Gasteiger partial charge is 0.276 e. The van der Waals surface area contributed by atoms with E-state index in [0.717, 1.165) is 5.56 Å². The number of aromatic nitrogens is 1. The van der Waals surface area contributed by atoms with E-state index in [1.807, 2.05) is 33.8 Å². The van der Waals surface area contributed by atoms with E-state index in [4.69, 9.17) is 4.52 Å². The third kappa shape index (κ3) is 3.65. The molecule has 0 saturated carbocycles. The molecule has 6 nitrogen and oxygen atoms in total. The fourth-order valence-electron chi connectivity index (χ4n) is 3.49. The van der Waals surface area contributed by atoms with Gasteiger partial charge in [-0.25, -0.2) is 0 Å². The van der Waals surface area contributed by atoms with Crippen LogP contribution in [0.3, 0.4) is 0 Å². The second kappa shape index (κ2) is 6.47. The Morgan fingerprint density at radius 3 is 2.56 bits per heavy atom. The Balaban J connectivity index is 2.13. The Morgan fingerprint density at radius 1 is 1.40 bits per heavy atom. The third-order valence-corrected chi connectivity index (χ3v) is 5.04. The molecule has 0 spiro atoms. The second-order valence-corrected chi connectivity index (χ2v) is 7.90. The summed E-state index contributed by atoms with van der Waals surface area (Å²) in [7, 11) is 1.73. The molecule has 6 heteroatoms. The van der Waals surface area contributed by atoms with Crippen molar-refractivity contribution in [3.05, 3.63) is 28.7 Å². The van der Waals surface area contributed by atoms with E-state index in [1.165, 1.54) is 0 Å². The molecule has 2 rings (SSSR count). The SMILES string of the molecule is Cc1onc(C(=O)N(C)CC[C@]2(C)C=C(C#N)C(=O)C(C)(C)C2)c1C. The number of aryl methyl sites for hydroxylation is 1. The van der Waals surface area contributed by atoms with Crippen molar-refractivity contribution in [2.24, 2.45) is 10.8 Å². The maximum atomic E-state index is 12.5. The number of allylic oxidation sites excluding steroid dienone is 2. The fourth-order valence-corrected chi connectivity index (χ4v) is 3.49. The van der Waals surface area contributed by atoms with Gasteiger partial charge in [0, 0.05) is 24.6 Å². The summed E-state index contributed by atoms with van der Waals surface area (Å²) in [6.07, 6.45) is 3.07. The van der Waals surface area contributed by atoms with Gasteiger partial charge in [0.2, 0.25) is 0 Å². The van der Waals surface area contributed by atoms with Crippen LogP contribution in [0.2, 0.25) is 0 Å². The van der Waals surface area contributed by atoms with Crippen molar-refractivity contribution in [3.63, 3.8) is 0 Å². The molecule has 1 aliphatic carbocycles. The topological polar surface area (TPSA) is 87.2 Å². The fraction of sp³-hybridized carbons (Fsp3) is 0.579. The zero-order chi connectivity index (χ0) is 19.0. The van der Waals surface area contributed by atoms with Gasteiger partial charge in [-0.15, -0.1) is 0 Å². The van der Waals surface area contributed by atoms with Crippen LogP contribution in [-0.2, 0) is 4.79 Å². The zero-order valence-corrected chi connectivity index (χ0v) is 15.8. The summed E-state index contributed by atoms with van der Waals surface area (Å²) in [5.41, 5.74) is 0.412. The highest BCUT2D eigenvalue weighted by molar-refractivity contribution is 6.03. The Bertz CT molecular complexity index is 782. The molecule has 0 unspecified atom stereocenters. The molecule has 0 saturated heterocycles. The number of rotatable bonds is 4. The van der Waals surface area contributed by atoms with Crippen molar-refractivity contribution in [1.82, 2.24) is 10.1 Å². The average molecular weight is 343 g/mol. The molecule has 1 aromatic heterocycles. The molecule has 25 heavy (non-hydrogen) atoms. The van der Waals surface area contributed by atoms with Crippen molar-refractivity contribution in [2.45, 2.75) is 47.5 Å². The van der Waals surface area contributed by atoms with Crippen molar-refractivity contribution in [2.75, 3.05) is 13.6 Å². The van der Waals surface area contributed by atoms with Gasteiger partial charge < -0.3 is 9.42 Å². The van der Waals surface area contributed by atoms with Gasteiger partial charge in [0.15, 0.2) is 11.5 Å². The lowest BCUT2D eigenvalue weighted by Gasteiger charge is -2.39. The number of ketones is 1. The van der Waals surface area contributed by atoms with Gasteiger partial charge in [-0.3, -0.25) is 9.59 Å². The second-order valence-electron chi connectivity index (χ2n) is 7.90. The molecule has 1 heterocycles. The van der Waals surface area contributed by atoms with Crippen LogP contribution in [0.5, 0.6) is 0 Å². The van der Waals surface area contributed by atoms with Crippen LogP contribution in [0.4, 0.5) is 0 Å². The van der Waals surface area contributed by atoms with Gasteiger partial charge in [-0.1, -0.05) is 32.0 Å². The molecular weight excluding hydrogens is 318 g/mol. The Hall–Kier alpha value is -2.42. The minimum Gasteiger partial charge on any atom is -0.361 e. The Kier molecular flexibility index (Phi) is 4.90. The maximum absolute atomic E-state index is 12.5. The quantitative estimate of drug-likeness (QED) is 0.837. The monoisotopic (exact) mass is 343 g/mol. The van der Waals surface area contributed by atoms with E-state index in [0.29, 0.717) is 30.8 Å². The largest absolute Gasteiger partial charge is 0.361 e. The van der Waals surface area contributed by atoms with Crippen molar-refractivity contribution < 1.29 is 14.1 Å². The van der Waals surface area contributed by atoms with E-state index >= 15 is 0 Å². The summed E-state index contributed by atoms with van der Waals surface area (Å²) in [6.45, 7) is 9.85. The number of carbonyl (C=O) groups is 2. The molecule has 0 bridgehead atoms. The van der Waals surface area contributed by atoms with Crippen LogP contribution in [0.15, 0.2) is 16.2 Å². The molecule has 0 aromatic carbocycles. The van der Waals surface area contributed by atoms with Crippen molar-refractivity contribution in [3.8, 4) is 6.07 Å². The number of nitriles is 1. The Morgan fingerprint density at radius 2 is 2.04 bits per heavy atom. The van der Waals surface area contributed by atoms with Crippen molar-refractivity contribution >= 4 is 11.7 Å². The summed E-state index contributed by atoms with van der Waals surface area (Å²) in [5.74, 6) is 0.344. The van der Waals surface area contributed by atoms with Gasteiger partial charge in [0.1, 0.15) is 11.8 Å². The predicted molar refractivity (Wildman–Crippen MR) is 92.8 cm³/mol. The lowest BCUT2D eigenvalue weighted by atomic mass is 9.64. The van der Waals surface area contributed by atoms with Gasteiger partial charge in [0.05, 0.1) is 5.57 Å². The molecule has 1 aromatic rings. The molecule has 1 amide bonds. The molecule has 1 aliphatic rings. The van der Waals surface area contributed by atoms with Gasteiger partial charge >= 0.3 is 0 Å².